The van der Waals surface area contributed by atoms with Crippen LogP contribution >= 0.6 is 11.7 Å². The van der Waals surface area contributed by atoms with E-state index in [9.17, 15) is 9.70 Å². The predicted molar refractivity (Wildman–Crippen MR) is 80.3 cm³/mol. The van der Waals surface area contributed by atoms with Crippen molar-refractivity contribution in [2.24, 2.45) is 5.18 Å². The maximum Gasteiger partial charge on any atom is 0.320 e. The van der Waals surface area contributed by atoms with Gasteiger partial charge >= 0.3 is 5.91 Å². The van der Waals surface area contributed by atoms with E-state index in [0.29, 0.717) is 23.4 Å². The van der Waals surface area contributed by atoms with Crippen LogP contribution in [0.1, 0.15) is 10.4 Å². The molecule has 0 atom stereocenters. The number of nitrogens with zero attached hydrogens (tertiary/aromatic N) is 4. The molecule has 1 fully saturated rings. The van der Waals surface area contributed by atoms with Gasteiger partial charge in [-0.25, -0.2) is 0 Å². The fraction of sp³-hybridized carbons (Fsp3) is 0.462. The zero-order valence-corrected chi connectivity index (χ0v) is 12.5. The summed E-state index contributed by atoms with van der Waals surface area (Å²) in [7, 11) is 0. The number of rotatable bonds is 5. The fourth-order valence-corrected chi connectivity index (χ4v) is 2.77. The molecule has 0 aliphatic carbocycles. The molecule has 1 saturated heterocycles. The number of ether oxygens (including phenoxy) is 2. The lowest BCUT2D eigenvalue weighted by atomic mass is 10.1. The van der Waals surface area contributed by atoms with Gasteiger partial charge in [0.1, 0.15) is 23.4 Å². The van der Waals surface area contributed by atoms with Gasteiger partial charge in [-0.2, -0.15) is 8.75 Å². The van der Waals surface area contributed by atoms with E-state index in [-0.39, 0.29) is 5.56 Å². The molecule has 0 N–H and O–H groups in total. The van der Waals surface area contributed by atoms with Gasteiger partial charge in [-0.3, -0.25) is 9.69 Å². The largest absolute Gasteiger partial charge is 0.491 e. The molecule has 9 heteroatoms. The van der Waals surface area contributed by atoms with Crippen molar-refractivity contribution >= 4 is 28.7 Å². The van der Waals surface area contributed by atoms with Crippen LogP contribution in [0.5, 0.6) is 5.75 Å². The van der Waals surface area contributed by atoms with Crippen molar-refractivity contribution in [2.75, 3.05) is 39.5 Å². The molecule has 116 valence electrons. The van der Waals surface area contributed by atoms with Gasteiger partial charge in [0, 0.05) is 30.9 Å². The highest BCUT2D eigenvalue weighted by molar-refractivity contribution is 7.00. The lowest BCUT2D eigenvalue weighted by Gasteiger charge is -2.26. The Balaban J connectivity index is 1.73. The van der Waals surface area contributed by atoms with Gasteiger partial charge in [0.15, 0.2) is 0 Å². The van der Waals surface area contributed by atoms with Crippen molar-refractivity contribution in [3.8, 4) is 5.75 Å². The van der Waals surface area contributed by atoms with Crippen molar-refractivity contribution < 1.29 is 14.3 Å². The molecule has 1 amide bonds. The Bertz CT molecular complexity index is 684. The van der Waals surface area contributed by atoms with Crippen molar-refractivity contribution in [1.82, 2.24) is 13.6 Å². The highest BCUT2D eigenvalue weighted by Crippen LogP contribution is 2.26. The summed E-state index contributed by atoms with van der Waals surface area (Å²) in [6.07, 6.45) is 0. The van der Waals surface area contributed by atoms with E-state index in [4.69, 9.17) is 9.47 Å². The number of aromatic nitrogens is 2. The summed E-state index contributed by atoms with van der Waals surface area (Å²) in [6, 6.07) is 3.11. The van der Waals surface area contributed by atoms with E-state index in [1.807, 2.05) is 0 Å². The Morgan fingerprint density at radius 2 is 2.05 bits per heavy atom. The molecule has 2 heterocycles. The van der Waals surface area contributed by atoms with Gasteiger partial charge in [-0.05, 0) is 6.07 Å². The molecule has 8 nitrogen and oxygen atoms in total. The zero-order chi connectivity index (χ0) is 15.4. The summed E-state index contributed by atoms with van der Waals surface area (Å²) in [4.78, 5) is 24.4. The summed E-state index contributed by atoms with van der Waals surface area (Å²) in [5.41, 5.74) is 1.31. The molecule has 0 radical (unpaired) electrons. The van der Waals surface area contributed by atoms with Gasteiger partial charge in [0.2, 0.25) is 0 Å². The highest BCUT2D eigenvalue weighted by atomic mass is 32.1. The molecule has 22 heavy (non-hydrogen) atoms. The Labute approximate surface area is 130 Å². The topological polar surface area (TPSA) is 94.0 Å². The molecule has 0 saturated carbocycles. The number of morpholine rings is 1. The SMILES string of the molecule is O=NC(=O)c1cc2nsnc2cc1OCCN1CCOCC1. The van der Waals surface area contributed by atoms with Crippen LogP contribution in [0.15, 0.2) is 17.3 Å². The molecule has 1 aromatic heterocycles. The third-order valence-electron chi connectivity index (χ3n) is 3.44. The average molecular weight is 322 g/mol. The number of nitroso groups, excluding NO2 is 1. The normalized spacial score (nSPS) is 15.8. The zero-order valence-electron chi connectivity index (χ0n) is 11.7. The second-order valence-electron chi connectivity index (χ2n) is 4.80. The lowest BCUT2D eigenvalue weighted by Crippen LogP contribution is -2.38. The summed E-state index contributed by atoms with van der Waals surface area (Å²) in [5.74, 6) is -0.547. The van der Waals surface area contributed by atoms with E-state index in [2.05, 4.69) is 18.8 Å². The number of hydrogen-bond acceptors (Lipinski definition) is 8. The van der Waals surface area contributed by atoms with Gasteiger partial charge in [-0.15, -0.1) is 4.91 Å². The third kappa shape index (κ3) is 3.26. The van der Waals surface area contributed by atoms with Crippen molar-refractivity contribution in [3.05, 3.63) is 22.6 Å². The first kappa shape index (κ1) is 14.9. The minimum atomic E-state index is -0.865. The smallest absolute Gasteiger partial charge is 0.320 e. The quantitative estimate of drug-likeness (QED) is 0.766. The summed E-state index contributed by atoms with van der Waals surface area (Å²) in [6.45, 7) is 4.28. The third-order valence-corrected chi connectivity index (χ3v) is 3.99. The summed E-state index contributed by atoms with van der Waals surface area (Å²) >= 11 is 1.04. The maximum atomic E-state index is 11.6. The van der Waals surface area contributed by atoms with Gasteiger partial charge in [-0.1, -0.05) is 0 Å². The van der Waals surface area contributed by atoms with Crippen LogP contribution in [0, 0.1) is 4.91 Å². The lowest BCUT2D eigenvalue weighted by molar-refractivity contribution is 0.0322. The molecular formula is C13H14N4O4S. The summed E-state index contributed by atoms with van der Waals surface area (Å²) < 4.78 is 19.1. The Kier molecular flexibility index (Phi) is 4.66. The van der Waals surface area contributed by atoms with E-state index in [1.165, 1.54) is 6.07 Å². The van der Waals surface area contributed by atoms with Crippen LogP contribution in [-0.4, -0.2) is 59.0 Å². The molecule has 3 rings (SSSR count). The minimum Gasteiger partial charge on any atom is -0.491 e. The van der Waals surface area contributed by atoms with Gasteiger partial charge < -0.3 is 9.47 Å². The standard InChI is InChI=1S/C13H14N4O4S/c18-13(14-19)9-7-10-11(16-22-15-10)8-12(9)21-6-3-17-1-4-20-5-2-17/h7-8H,1-6H2. The van der Waals surface area contributed by atoms with Crippen LogP contribution in [0.25, 0.3) is 11.0 Å². The van der Waals surface area contributed by atoms with E-state index < -0.39 is 5.91 Å². The van der Waals surface area contributed by atoms with Crippen LogP contribution in [0.4, 0.5) is 0 Å². The van der Waals surface area contributed by atoms with Crippen molar-refractivity contribution in [2.45, 2.75) is 0 Å². The van der Waals surface area contributed by atoms with Crippen LogP contribution in [0.2, 0.25) is 0 Å². The number of fused-ring (bicyclic) bond motifs is 1. The van der Waals surface area contributed by atoms with E-state index in [1.54, 1.807) is 6.07 Å². The van der Waals surface area contributed by atoms with Crippen LogP contribution < -0.4 is 4.74 Å². The second kappa shape index (κ2) is 6.86. The van der Waals surface area contributed by atoms with Crippen molar-refractivity contribution in [3.63, 3.8) is 0 Å². The minimum absolute atomic E-state index is 0.122. The molecule has 1 aliphatic heterocycles. The maximum absolute atomic E-state index is 11.6. The summed E-state index contributed by atoms with van der Waals surface area (Å²) in [5, 5.41) is 2.47. The molecule has 0 unspecified atom stereocenters. The highest BCUT2D eigenvalue weighted by Gasteiger charge is 2.17. The number of benzene rings is 1. The van der Waals surface area contributed by atoms with Crippen LogP contribution in [-0.2, 0) is 4.74 Å². The fourth-order valence-electron chi connectivity index (χ4n) is 2.26. The first-order valence-corrected chi connectivity index (χ1v) is 7.58. The Morgan fingerprint density at radius 1 is 1.32 bits per heavy atom. The molecule has 0 bridgehead atoms. The number of amides is 1. The monoisotopic (exact) mass is 322 g/mol. The predicted octanol–water partition coefficient (Wildman–Crippen LogP) is 1.31. The Morgan fingerprint density at radius 3 is 2.77 bits per heavy atom. The first-order valence-electron chi connectivity index (χ1n) is 6.85. The number of carbonyl (C=O) groups is 1. The van der Waals surface area contributed by atoms with Gasteiger partial charge in [0.25, 0.3) is 0 Å². The average Bonchev–Trinajstić information content (AvgIpc) is 3.01. The molecule has 2 aromatic rings. The molecule has 0 spiro atoms. The number of hydrogen-bond donors (Lipinski definition) is 0. The molecule has 1 aromatic carbocycles. The second-order valence-corrected chi connectivity index (χ2v) is 5.33. The first-order chi connectivity index (χ1) is 10.8. The van der Waals surface area contributed by atoms with Gasteiger partial charge in [0.05, 0.1) is 30.5 Å². The molecule has 1 aliphatic rings. The molecular weight excluding hydrogens is 308 g/mol. The van der Waals surface area contributed by atoms with E-state index in [0.717, 1.165) is 44.6 Å². The Hall–Kier alpha value is -1.97. The van der Waals surface area contributed by atoms with E-state index >= 15 is 0 Å². The van der Waals surface area contributed by atoms with Crippen LogP contribution in [0.3, 0.4) is 0 Å². The number of carbonyl (C=O) groups excluding carboxylic acids is 1. The van der Waals surface area contributed by atoms with Crippen molar-refractivity contribution in [1.29, 1.82) is 0 Å².